The van der Waals surface area contributed by atoms with E-state index in [1.807, 2.05) is 0 Å². The molecule has 0 aliphatic carbocycles. The number of aryl methyl sites for hydroxylation is 1. The number of nitrogens with one attached hydrogen (secondary N) is 1. The molecular weight excluding hydrogens is 202 g/mol. The highest BCUT2D eigenvalue weighted by Crippen LogP contribution is 2.13. The molecule has 0 aliphatic heterocycles. The third-order valence-corrected chi connectivity index (χ3v) is 2.20. The molecule has 0 aliphatic rings. The van der Waals surface area contributed by atoms with Crippen molar-refractivity contribution in [3.05, 3.63) is 16.9 Å². The fourth-order valence-corrected chi connectivity index (χ4v) is 1.38. The topological polar surface area (TPSA) is 46.9 Å². The molecule has 14 heavy (non-hydrogen) atoms. The van der Waals surface area contributed by atoms with E-state index in [9.17, 15) is 4.79 Å². The number of carbonyl (C=O) groups excluding carboxylic acids is 1. The summed E-state index contributed by atoms with van der Waals surface area (Å²) in [6.07, 6.45) is 3.50. The van der Waals surface area contributed by atoms with Crippen LogP contribution in [-0.2, 0) is 7.05 Å². The molecule has 0 radical (unpaired) electrons. The van der Waals surface area contributed by atoms with Gasteiger partial charge in [0.15, 0.2) is 0 Å². The van der Waals surface area contributed by atoms with Crippen LogP contribution < -0.4 is 5.32 Å². The molecule has 0 saturated carbocycles. The van der Waals surface area contributed by atoms with Gasteiger partial charge in [0.2, 0.25) is 0 Å². The summed E-state index contributed by atoms with van der Waals surface area (Å²) >= 11 is 5.81. The molecule has 1 N–H and O–H groups in total. The molecule has 5 heteroatoms. The Kier molecular flexibility index (Phi) is 3.95. The average Bonchev–Trinajstić information content (AvgIpc) is 2.46. The van der Waals surface area contributed by atoms with Gasteiger partial charge in [-0.15, -0.1) is 0 Å². The normalized spacial score (nSPS) is 10.2. The van der Waals surface area contributed by atoms with E-state index in [1.165, 1.54) is 10.9 Å². The highest BCUT2D eigenvalue weighted by Gasteiger charge is 2.14. The lowest BCUT2D eigenvalue weighted by Crippen LogP contribution is -2.26. The maximum Gasteiger partial charge on any atom is 0.271 e. The van der Waals surface area contributed by atoms with Crippen molar-refractivity contribution in [3.8, 4) is 0 Å². The molecule has 0 spiro atoms. The minimum absolute atomic E-state index is 0.163. The largest absolute Gasteiger partial charge is 0.351 e. The maximum atomic E-state index is 11.6. The molecular formula is C9H14ClN3O. The summed E-state index contributed by atoms with van der Waals surface area (Å²) < 4.78 is 1.48. The Morgan fingerprint density at radius 3 is 2.93 bits per heavy atom. The number of unbranched alkanes of at least 4 members (excludes halogenated alkanes) is 1. The van der Waals surface area contributed by atoms with Crippen LogP contribution in [0.15, 0.2) is 6.20 Å². The summed E-state index contributed by atoms with van der Waals surface area (Å²) in [4.78, 5) is 11.6. The number of carbonyl (C=O) groups is 1. The Bertz CT molecular complexity index is 302. The highest BCUT2D eigenvalue weighted by atomic mass is 35.5. The van der Waals surface area contributed by atoms with Crippen LogP contribution in [0.2, 0.25) is 5.02 Å². The van der Waals surface area contributed by atoms with Gasteiger partial charge in [0.05, 0.1) is 11.2 Å². The Balaban J connectivity index is 2.60. The van der Waals surface area contributed by atoms with E-state index in [0.29, 0.717) is 17.3 Å². The van der Waals surface area contributed by atoms with E-state index >= 15 is 0 Å². The van der Waals surface area contributed by atoms with Crippen LogP contribution >= 0.6 is 11.6 Å². The Labute approximate surface area is 88.2 Å². The smallest absolute Gasteiger partial charge is 0.271 e. The standard InChI is InChI=1S/C9H14ClN3O/c1-3-4-5-11-9(14)8-7(10)6-12-13(8)2/h6H,3-5H2,1-2H3,(H,11,14). The van der Waals surface area contributed by atoms with Gasteiger partial charge in [0, 0.05) is 13.6 Å². The molecule has 1 rings (SSSR count). The molecule has 0 aromatic carbocycles. The van der Waals surface area contributed by atoms with Gasteiger partial charge in [-0.25, -0.2) is 0 Å². The van der Waals surface area contributed by atoms with E-state index in [2.05, 4.69) is 17.3 Å². The second kappa shape index (κ2) is 5.00. The summed E-state index contributed by atoms with van der Waals surface area (Å²) in [6, 6.07) is 0. The summed E-state index contributed by atoms with van der Waals surface area (Å²) in [5, 5.41) is 7.06. The Hall–Kier alpha value is -1.03. The zero-order valence-electron chi connectivity index (χ0n) is 8.38. The van der Waals surface area contributed by atoms with Gasteiger partial charge >= 0.3 is 0 Å². The van der Waals surface area contributed by atoms with E-state index in [-0.39, 0.29) is 5.91 Å². The fourth-order valence-electron chi connectivity index (χ4n) is 1.13. The summed E-state index contributed by atoms with van der Waals surface area (Å²) in [6.45, 7) is 2.75. The van der Waals surface area contributed by atoms with Crippen LogP contribution in [0.4, 0.5) is 0 Å². The molecule has 0 fully saturated rings. The quantitative estimate of drug-likeness (QED) is 0.776. The lowest BCUT2D eigenvalue weighted by atomic mass is 10.3. The van der Waals surface area contributed by atoms with Gasteiger partial charge < -0.3 is 5.32 Å². The second-order valence-corrected chi connectivity index (χ2v) is 3.48. The van der Waals surface area contributed by atoms with Crippen LogP contribution in [-0.4, -0.2) is 22.2 Å². The Morgan fingerprint density at radius 2 is 2.43 bits per heavy atom. The molecule has 1 amide bonds. The van der Waals surface area contributed by atoms with E-state index < -0.39 is 0 Å². The molecule has 1 aromatic heterocycles. The zero-order chi connectivity index (χ0) is 10.6. The first-order chi connectivity index (χ1) is 6.66. The number of rotatable bonds is 4. The van der Waals surface area contributed by atoms with Crippen molar-refractivity contribution in [3.63, 3.8) is 0 Å². The van der Waals surface area contributed by atoms with Gasteiger partial charge in [-0.1, -0.05) is 24.9 Å². The van der Waals surface area contributed by atoms with Gasteiger partial charge in [0.1, 0.15) is 5.69 Å². The fraction of sp³-hybridized carbons (Fsp3) is 0.556. The molecule has 0 atom stereocenters. The van der Waals surface area contributed by atoms with Gasteiger partial charge in [-0.3, -0.25) is 9.48 Å². The highest BCUT2D eigenvalue weighted by molar-refractivity contribution is 6.33. The van der Waals surface area contributed by atoms with Gasteiger partial charge in [-0.2, -0.15) is 5.10 Å². The molecule has 1 aromatic rings. The summed E-state index contributed by atoms with van der Waals surface area (Å²) in [5.41, 5.74) is 0.419. The molecule has 4 nitrogen and oxygen atoms in total. The van der Waals surface area contributed by atoms with Crippen molar-refractivity contribution in [2.75, 3.05) is 6.54 Å². The number of nitrogens with zero attached hydrogens (tertiary/aromatic N) is 2. The van der Waals surface area contributed by atoms with Crippen molar-refractivity contribution in [2.45, 2.75) is 19.8 Å². The molecule has 0 saturated heterocycles. The minimum atomic E-state index is -0.163. The predicted molar refractivity (Wildman–Crippen MR) is 55.5 cm³/mol. The summed E-state index contributed by atoms with van der Waals surface area (Å²) in [5.74, 6) is -0.163. The molecule has 1 heterocycles. The third-order valence-electron chi connectivity index (χ3n) is 1.93. The van der Waals surface area contributed by atoms with Crippen LogP contribution in [0.3, 0.4) is 0 Å². The van der Waals surface area contributed by atoms with Crippen LogP contribution in [0.1, 0.15) is 30.3 Å². The maximum absolute atomic E-state index is 11.6. The average molecular weight is 216 g/mol. The number of hydrogen-bond acceptors (Lipinski definition) is 2. The van der Waals surface area contributed by atoms with Crippen molar-refractivity contribution in [2.24, 2.45) is 7.05 Å². The second-order valence-electron chi connectivity index (χ2n) is 3.07. The molecule has 0 bridgehead atoms. The van der Waals surface area contributed by atoms with Gasteiger partial charge in [0.25, 0.3) is 5.91 Å². The predicted octanol–water partition coefficient (Wildman–Crippen LogP) is 1.60. The number of halogens is 1. The van der Waals surface area contributed by atoms with Crippen LogP contribution in [0.5, 0.6) is 0 Å². The monoisotopic (exact) mass is 215 g/mol. The Morgan fingerprint density at radius 1 is 1.71 bits per heavy atom. The van der Waals surface area contributed by atoms with Gasteiger partial charge in [-0.05, 0) is 6.42 Å². The number of hydrogen-bond donors (Lipinski definition) is 1. The number of aromatic nitrogens is 2. The van der Waals surface area contributed by atoms with Crippen molar-refractivity contribution in [1.29, 1.82) is 0 Å². The first kappa shape index (κ1) is 11.0. The zero-order valence-corrected chi connectivity index (χ0v) is 9.14. The molecule has 0 unspecified atom stereocenters. The van der Waals surface area contributed by atoms with Crippen molar-refractivity contribution < 1.29 is 4.79 Å². The lowest BCUT2D eigenvalue weighted by Gasteiger charge is -2.04. The van der Waals surface area contributed by atoms with E-state index in [1.54, 1.807) is 7.05 Å². The van der Waals surface area contributed by atoms with Crippen LogP contribution in [0.25, 0.3) is 0 Å². The van der Waals surface area contributed by atoms with Crippen molar-refractivity contribution in [1.82, 2.24) is 15.1 Å². The van der Waals surface area contributed by atoms with Crippen LogP contribution in [0, 0.1) is 0 Å². The molecule has 78 valence electrons. The van der Waals surface area contributed by atoms with Crippen molar-refractivity contribution >= 4 is 17.5 Å². The first-order valence-electron chi connectivity index (χ1n) is 4.62. The van der Waals surface area contributed by atoms with E-state index in [0.717, 1.165) is 12.8 Å². The first-order valence-corrected chi connectivity index (χ1v) is 5.00. The lowest BCUT2D eigenvalue weighted by molar-refractivity contribution is 0.0944. The van der Waals surface area contributed by atoms with E-state index in [4.69, 9.17) is 11.6 Å². The minimum Gasteiger partial charge on any atom is -0.351 e. The number of amides is 1. The third kappa shape index (κ3) is 2.48. The summed E-state index contributed by atoms with van der Waals surface area (Å²) in [7, 11) is 1.70. The SMILES string of the molecule is CCCCNC(=O)c1c(Cl)cnn1C.